The zero-order valence-corrected chi connectivity index (χ0v) is 15.5. The number of benzene rings is 1. The van der Waals surface area contributed by atoms with Crippen LogP contribution in [0.25, 0.3) is 10.1 Å². The summed E-state index contributed by atoms with van der Waals surface area (Å²) >= 11 is 4.70. The first-order valence-corrected chi connectivity index (χ1v) is 9.87. The molecule has 0 spiro atoms. The maximum atomic E-state index is 10.2. The maximum absolute atomic E-state index is 10.2. The summed E-state index contributed by atoms with van der Waals surface area (Å²) in [5.41, 5.74) is 1.80. The van der Waals surface area contributed by atoms with E-state index in [4.69, 9.17) is 0 Å². The molecule has 5 nitrogen and oxygen atoms in total. The number of rotatable bonds is 5. The monoisotopic (exact) mass is 364 g/mol. The number of phenols is 1. The second-order valence-corrected chi connectivity index (χ2v) is 8.56. The second kappa shape index (κ2) is 6.94. The van der Waals surface area contributed by atoms with Crippen molar-refractivity contribution in [3.8, 4) is 5.75 Å². The van der Waals surface area contributed by atoms with Gasteiger partial charge in [0.05, 0.1) is 4.70 Å². The van der Waals surface area contributed by atoms with Gasteiger partial charge in [0, 0.05) is 10.3 Å². The van der Waals surface area contributed by atoms with E-state index >= 15 is 0 Å². The van der Waals surface area contributed by atoms with Gasteiger partial charge in [-0.15, -0.1) is 31.8 Å². The van der Waals surface area contributed by atoms with E-state index in [1.165, 1.54) is 11.3 Å². The minimum absolute atomic E-state index is 0.303. The minimum atomic E-state index is 0.303. The van der Waals surface area contributed by atoms with Gasteiger partial charge >= 0.3 is 0 Å². The van der Waals surface area contributed by atoms with E-state index < -0.39 is 0 Å². The van der Waals surface area contributed by atoms with E-state index in [-0.39, 0.29) is 0 Å². The lowest BCUT2D eigenvalue weighted by molar-refractivity contribution is 0.481. The molecule has 0 fully saturated rings. The van der Waals surface area contributed by atoms with Gasteiger partial charge in [0.2, 0.25) is 0 Å². The Morgan fingerprint density at radius 2 is 2.00 bits per heavy atom. The van der Waals surface area contributed by atoms with Crippen molar-refractivity contribution in [1.82, 2.24) is 10.2 Å². The zero-order valence-electron chi connectivity index (χ0n) is 13.0. The van der Waals surface area contributed by atoms with Gasteiger partial charge in [-0.05, 0) is 36.8 Å². The molecule has 1 aromatic carbocycles. The van der Waals surface area contributed by atoms with Crippen molar-refractivity contribution in [2.24, 2.45) is 10.2 Å². The highest BCUT2D eigenvalue weighted by Crippen LogP contribution is 2.42. The SMILES string of the molecule is CCSc1nnc(/N=N/c2c(CC)cc(O)c3cc(C)sc23)s1. The van der Waals surface area contributed by atoms with Crippen LogP contribution >= 0.6 is 34.4 Å². The number of hydrogen-bond acceptors (Lipinski definition) is 8. The lowest BCUT2D eigenvalue weighted by atomic mass is 10.1. The molecule has 0 saturated heterocycles. The number of azo groups is 1. The molecule has 0 bridgehead atoms. The van der Waals surface area contributed by atoms with Gasteiger partial charge in [-0.2, -0.15) is 0 Å². The molecule has 3 rings (SSSR count). The molecule has 0 atom stereocenters. The average molecular weight is 365 g/mol. The molecule has 0 unspecified atom stereocenters. The van der Waals surface area contributed by atoms with Crippen LogP contribution < -0.4 is 0 Å². The van der Waals surface area contributed by atoms with E-state index in [9.17, 15) is 5.11 Å². The Kier molecular flexibility index (Phi) is 4.93. The van der Waals surface area contributed by atoms with Gasteiger partial charge in [0.25, 0.3) is 5.13 Å². The third-order valence-corrected chi connectivity index (χ3v) is 6.12. The fourth-order valence-corrected chi connectivity index (χ4v) is 4.83. The van der Waals surface area contributed by atoms with Crippen molar-refractivity contribution in [3.63, 3.8) is 0 Å². The Balaban J connectivity index is 2.03. The molecule has 2 heterocycles. The molecule has 0 amide bonds. The number of fused-ring (bicyclic) bond motifs is 1. The van der Waals surface area contributed by atoms with Crippen molar-refractivity contribution in [2.45, 2.75) is 31.5 Å². The van der Waals surface area contributed by atoms with Gasteiger partial charge in [-0.1, -0.05) is 36.9 Å². The van der Waals surface area contributed by atoms with Crippen LogP contribution in [0.15, 0.2) is 26.7 Å². The molecule has 3 aromatic rings. The van der Waals surface area contributed by atoms with E-state index in [1.54, 1.807) is 29.2 Å². The van der Waals surface area contributed by atoms with Crippen LogP contribution in [0.2, 0.25) is 0 Å². The largest absolute Gasteiger partial charge is 0.507 e. The van der Waals surface area contributed by atoms with Crippen LogP contribution in [0.1, 0.15) is 24.3 Å². The fraction of sp³-hybridized carbons (Fsp3) is 0.333. The zero-order chi connectivity index (χ0) is 16.4. The van der Waals surface area contributed by atoms with Crippen molar-refractivity contribution >= 4 is 55.3 Å². The first kappa shape index (κ1) is 16.4. The topological polar surface area (TPSA) is 70.7 Å². The van der Waals surface area contributed by atoms with Crippen molar-refractivity contribution in [3.05, 3.63) is 22.6 Å². The highest BCUT2D eigenvalue weighted by atomic mass is 32.2. The molecule has 0 saturated carbocycles. The van der Waals surface area contributed by atoms with E-state index in [0.29, 0.717) is 10.9 Å². The van der Waals surface area contributed by atoms with Gasteiger partial charge in [-0.3, -0.25) is 0 Å². The number of phenolic OH excluding ortho intramolecular Hbond substituents is 1. The van der Waals surface area contributed by atoms with Crippen LogP contribution in [0.3, 0.4) is 0 Å². The van der Waals surface area contributed by atoms with Gasteiger partial charge in [0.15, 0.2) is 4.34 Å². The molecular weight excluding hydrogens is 348 g/mol. The summed E-state index contributed by atoms with van der Waals surface area (Å²) < 4.78 is 1.87. The van der Waals surface area contributed by atoms with Crippen LogP contribution in [0, 0.1) is 6.92 Å². The molecule has 1 N–H and O–H groups in total. The molecule has 0 aliphatic heterocycles. The first-order valence-electron chi connectivity index (χ1n) is 7.25. The summed E-state index contributed by atoms with van der Waals surface area (Å²) in [6.45, 7) is 6.14. The summed E-state index contributed by atoms with van der Waals surface area (Å²) in [6, 6.07) is 3.76. The minimum Gasteiger partial charge on any atom is -0.507 e. The van der Waals surface area contributed by atoms with Crippen LogP contribution in [-0.4, -0.2) is 21.1 Å². The lowest BCUT2D eigenvalue weighted by Crippen LogP contribution is -1.82. The number of nitrogens with zero attached hydrogens (tertiary/aromatic N) is 4. The summed E-state index contributed by atoms with van der Waals surface area (Å²) in [4.78, 5) is 1.14. The number of hydrogen-bond donors (Lipinski definition) is 1. The van der Waals surface area contributed by atoms with Gasteiger partial charge in [0.1, 0.15) is 11.4 Å². The predicted octanol–water partition coefficient (Wildman–Crippen LogP) is 5.86. The first-order chi connectivity index (χ1) is 11.1. The molecule has 0 radical (unpaired) electrons. The maximum Gasteiger partial charge on any atom is 0.252 e. The lowest BCUT2D eigenvalue weighted by Gasteiger charge is -2.05. The summed E-state index contributed by atoms with van der Waals surface area (Å²) in [5.74, 6) is 1.26. The van der Waals surface area contributed by atoms with E-state index in [0.717, 1.165) is 42.7 Å². The Labute approximate surface area is 146 Å². The van der Waals surface area contributed by atoms with Crippen LogP contribution in [0.4, 0.5) is 10.8 Å². The Bertz CT molecular complexity index is 869. The number of aryl methyl sites for hydroxylation is 2. The van der Waals surface area contributed by atoms with Gasteiger partial charge in [-0.25, -0.2) is 0 Å². The van der Waals surface area contributed by atoms with E-state index in [2.05, 4.69) is 27.3 Å². The molecule has 8 heteroatoms. The Hall–Kier alpha value is -1.51. The predicted molar refractivity (Wildman–Crippen MR) is 98.1 cm³/mol. The third kappa shape index (κ3) is 3.39. The summed E-state index contributed by atoms with van der Waals surface area (Å²) in [5, 5.41) is 28.4. The molecule has 23 heavy (non-hydrogen) atoms. The fourth-order valence-electron chi connectivity index (χ4n) is 2.23. The quantitative estimate of drug-likeness (QED) is 0.455. The normalized spacial score (nSPS) is 11.8. The van der Waals surface area contributed by atoms with Crippen LogP contribution in [-0.2, 0) is 6.42 Å². The van der Waals surface area contributed by atoms with Crippen molar-refractivity contribution in [1.29, 1.82) is 0 Å². The smallest absolute Gasteiger partial charge is 0.252 e. The Morgan fingerprint density at radius 3 is 2.74 bits per heavy atom. The molecule has 2 aromatic heterocycles. The highest BCUT2D eigenvalue weighted by molar-refractivity contribution is 8.01. The van der Waals surface area contributed by atoms with Gasteiger partial charge < -0.3 is 5.11 Å². The highest BCUT2D eigenvalue weighted by Gasteiger charge is 2.14. The van der Waals surface area contributed by atoms with Crippen molar-refractivity contribution < 1.29 is 5.11 Å². The second-order valence-electron chi connectivity index (χ2n) is 4.84. The number of aromatic hydroxyl groups is 1. The molecular formula is C15H16N4OS3. The summed E-state index contributed by atoms with van der Waals surface area (Å²) in [6.07, 6.45) is 0.780. The molecule has 0 aliphatic carbocycles. The molecule has 120 valence electrons. The number of thiophene rings is 1. The molecule has 0 aliphatic rings. The standard InChI is InChI=1S/C15H16N4OS3/c1-4-9-7-11(20)10-6-8(3)22-13(10)12(9)16-17-14-18-19-15(23-14)21-5-2/h6-7,20H,4-5H2,1-3H3/b17-16+. The summed E-state index contributed by atoms with van der Waals surface area (Å²) in [7, 11) is 0. The number of aromatic nitrogens is 2. The Morgan fingerprint density at radius 1 is 1.17 bits per heavy atom. The third-order valence-electron chi connectivity index (χ3n) is 3.24. The average Bonchev–Trinajstić information content (AvgIpc) is 3.13. The van der Waals surface area contributed by atoms with Crippen molar-refractivity contribution in [2.75, 3.05) is 5.75 Å². The number of thioether (sulfide) groups is 1. The van der Waals surface area contributed by atoms with Crippen LogP contribution in [0.5, 0.6) is 5.75 Å². The van der Waals surface area contributed by atoms with E-state index in [1.807, 2.05) is 19.9 Å².